The van der Waals surface area contributed by atoms with E-state index in [0.717, 1.165) is 5.56 Å². The first-order chi connectivity index (χ1) is 9.52. The van der Waals surface area contributed by atoms with E-state index in [1.165, 1.54) is 30.3 Å². The quantitative estimate of drug-likeness (QED) is 0.597. The van der Waals surface area contributed by atoms with Gasteiger partial charge in [0.1, 0.15) is 11.6 Å². The summed E-state index contributed by atoms with van der Waals surface area (Å²) in [6.07, 6.45) is 0. The summed E-state index contributed by atoms with van der Waals surface area (Å²) in [4.78, 5) is 12.1. The second-order valence-corrected chi connectivity index (χ2v) is 4.24. The highest BCUT2D eigenvalue weighted by Gasteiger charge is 2.15. The number of hydrazine groups is 1. The summed E-state index contributed by atoms with van der Waals surface area (Å²) < 4.78 is 27.1. The number of nitrogens with two attached hydrogens (primary N) is 1. The third kappa shape index (κ3) is 2.75. The SMILES string of the molecule is Cc1ccc(F)c(NC(=O)c2cccc(F)c2NN)c1. The molecule has 2 rings (SSSR count). The molecule has 6 heteroatoms. The monoisotopic (exact) mass is 277 g/mol. The van der Waals surface area contributed by atoms with Crippen molar-refractivity contribution in [3.63, 3.8) is 0 Å². The van der Waals surface area contributed by atoms with Gasteiger partial charge in [0.25, 0.3) is 5.91 Å². The molecule has 0 bridgehead atoms. The van der Waals surface area contributed by atoms with E-state index in [9.17, 15) is 13.6 Å². The van der Waals surface area contributed by atoms with Gasteiger partial charge in [-0.05, 0) is 36.8 Å². The first-order valence-electron chi connectivity index (χ1n) is 5.85. The zero-order valence-corrected chi connectivity index (χ0v) is 10.7. The van der Waals surface area contributed by atoms with Crippen LogP contribution in [0.25, 0.3) is 0 Å². The lowest BCUT2D eigenvalue weighted by molar-refractivity contribution is 0.102. The molecule has 0 atom stereocenters. The number of anilines is 2. The summed E-state index contributed by atoms with van der Waals surface area (Å²) in [5.74, 6) is 3.31. The van der Waals surface area contributed by atoms with E-state index in [0.29, 0.717) is 0 Å². The van der Waals surface area contributed by atoms with Crippen LogP contribution in [0.4, 0.5) is 20.2 Å². The molecule has 4 nitrogen and oxygen atoms in total. The van der Waals surface area contributed by atoms with Gasteiger partial charge < -0.3 is 10.7 Å². The van der Waals surface area contributed by atoms with Crippen molar-refractivity contribution < 1.29 is 13.6 Å². The molecule has 20 heavy (non-hydrogen) atoms. The highest BCUT2D eigenvalue weighted by Crippen LogP contribution is 2.21. The van der Waals surface area contributed by atoms with Crippen LogP contribution in [0.15, 0.2) is 36.4 Å². The normalized spacial score (nSPS) is 10.2. The van der Waals surface area contributed by atoms with Gasteiger partial charge in [-0.2, -0.15) is 0 Å². The number of benzene rings is 2. The fourth-order valence-electron chi connectivity index (χ4n) is 1.78. The maximum absolute atomic E-state index is 13.6. The van der Waals surface area contributed by atoms with Crippen molar-refractivity contribution in [3.05, 3.63) is 59.2 Å². The van der Waals surface area contributed by atoms with E-state index in [1.807, 2.05) is 0 Å². The van der Waals surface area contributed by atoms with Crippen LogP contribution in [-0.2, 0) is 0 Å². The average Bonchev–Trinajstić information content (AvgIpc) is 2.42. The van der Waals surface area contributed by atoms with Gasteiger partial charge in [-0.1, -0.05) is 12.1 Å². The Bertz CT molecular complexity index is 659. The third-order valence-electron chi connectivity index (χ3n) is 2.77. The molecule has 0 heterocycles. The van der Waals surface area contributed by atoms with Crippen LogP contribution < -0.4 is 16.6 Å². The molecule has 0 fully saturated rings. The van der Waals surface area contributed by atoms with E-state index in [4.69, 9.17) is 5.84 Å². The molecule has 2 aromatic carbocycles. The molecule has 0 spiro atoms. The molecule has 2 aromatic rings. The lowest BCUT2D eigenvalue weighted by atomic mass is 10.1. The third-order valence-corrected chi connectivity index (χ3v) is 2.77. The Labute approximate surface area is 114 Å². The fourth-order valence-corrected chi connectivity index (χ4v) is 1.78. The molecular formula is C14H13F2N3O. The second kappa shape index (κ2) is 5.66. The molecule has 0 aliphatic heterocycles. The highest BCUT2D eigenvalue weighted by atomic mass is 19.1. The van der Waals surface area contributed by atoms with Gasteiger partial charge in [0, 0.05) is 0 Å². The summed E-state index contributed by atoms with van der Waals surface area (Å²) in [5.41, 5.74) is 2.80. The number of rotatable bonds is 3. The minimum Gasteiger partial charge on any atom is -0.321 e. The molecule has 0 unspecified atom stereocenters. The highest BCUT2D eigenvalue weighted by molar-refractivity contribution is 6.08. The van der Waals surface area contributed by atoms with Crippen molar-refractivity contribution in [2.45, 2.75) is 6.92 Å². The standard InChI is InChI=1S/C14H13F2N3O/c1-8-5-6-10(15)12(7-8)18-14(20)9-3-2-4-11(16)13(9)19-17/h2-7,19H,17H2,1H3,(H,18,20). The average molecular weight is 277 g/mol. The van der Waals surface area contributed by atoms with Gasteiger partial charge in [0.15, 0.2) is 0 Å². The fraction of sp³-hybridized carbons (Fsp3) is 0.0714. The molecule has 0 aliphatic carbocycles. The summed E-state index contributed by atoms with van der Waals surface area (Å²) in [6.45, 7) is 1.77. The van der Waals surface area contributed by atoms with Crippen LogP contribution in [-0.4, -0.2) is 5.91 Å². The molecule has 0 aliphatic rings. The second-order valence-electron chi connectivity index (χ2n) is 4.24. The van der Waals surface area contributed by atoms with Gasteiger partial charge in [-0.3, -0.25) is 10.6 Å². The van der Waals surface area contributed by atoms with Crippen LogP contribution in [0, 0.1) is 18.6 Å². The Morgan fingerprint density at radius 1 is 1.15 bits per heavy atom. The summed E-state index contributed by atoms with van der Waals surface area (Å²) in [5, 5.41) is 2.39. The van der Waals surface area contributed by atoms with E-state index in [2.05, 4.69) is 10.7 Å². The first-order valence-corrected chi connectivity index (χ1v) is 5.85. The molecule has 104 valence electrons. The zero-order chi connectivity index (χ0) is 14.7. The van der Waals surface area contributed by atoms with Crippen molar-refractivity contribution in [2.75, 3.05) is 10.7 Å². The van der Waals surface area contributed by atoms with Crippen LogP contribution in [0.3, 0.4) is 0 Å². The van der Waals surface area contributed by atoms with Crippen molar-refractivity contribution in [1.29, 1.82) is 0 Å². The molecule has 4 N–H and O–H groups in total. The van der Waals surface area contributed by atoms with Crippen LogP contribution >= 0.6 is 0 Å². The Morgan fingerprint density at radius 2 is 1.90 bits per heavy atom. The van der Waals surface area contributed by atoms with Crippen molar-refractivity contribution in [3.8, 4) is 0 Å². The molecular weight excluding hydrogens is 264 g/mol. The molecule has 1 amide bonds. The van der Waals surface area contributed by atoms with Gasteiger partial charge in [0.2, 0.25) is 0 Å². The van der Waals surface area contributed by atoms with Crippen LogP contribution in [0.1, 0.15) is 15.9 Å². The van der Waals surface area contributed by atoms with Crippen molar-refractivity contribution in [1.82, 2.24) is 0 Å². The Hall–Kier alpha value is -2.47. The van der Waals surface area contributed by atoms with E-state index >= 15 is 0 Å². The van der Waals surface area contributed by atoms with Gasteiger partial charge in [-0.15, -0.1) is 0 Å². The Balaban J connectivity index is 2.33. The smallest absolute Gasteiger partial charge is 0.257 e. The number of hydrogen-bond acceptors (Lipinski definition) is 3. The predicted molar refractivity (Wildman–Crippen MR) is 73.3 cm³/mol. The Morgan fingerprint density at radius 3 is 2.60 bits per heavy atom. The van der Waals surface area contributed by atoms with Gasteiger partial charge in [0.05, 0.1) is 16.9 Å². The largest absolute Gasteiger partial charge is 0.321 e. The number of hydrogen-bond donors (Lipinski definition) is 3. The maximum atomic E-state index is 13.6. The summed E-state index contributed by atoms with van der Waals surface area (Å²) in [7, 11) is 0. The van der Waals surface area contributed by atoms with Crippen molar-refractivity contribution >= 4 is 17.3 Å². The summed E-state index contributed by atoms with van der Waals surface area (Å²) >= 11 is 0. The number of carbonyl (C=O) groups is 1. The topological polar surface area (TPSA) is 67.2 Å². The lowest BCUT2D eigenvalue weighted by Crippen LogP contribution is -2.19. The molecule has 0 radical (unpaired) electrons. The number of nitrogen functional groups attached to an aromatic ring is 1. The number of halogens is 2. The number of amides is 1. The number of aryl methyl sites for hydroxylation is 1. The van der Waals surface area contributed by atoms with Crippen LogP contribution in [0.5, 0.6) is 0 Å². The van der Waals surface area contributed by atoms with Gasteiger partial charge in [-0.25, -0.2) is 8.78 Å². The zero-order valence-electron chi connectivity index (χ0n) is 10.7. The molecule has 0 saturated heterocycles. The van der Waals surface area contributed by atoms with Gasteiger partial charge >= 0.3 is 0 Å². The maximum Gasteiger partial charge on any atom is 0.257 e. The number of nitrogens with one attached hydrogen (secondary N) is 2. The van der Waals surface area contributed by atoms with Crippen LogP contribution in [0.2, 0.25) is 0 Å². The van der Waals surface area contributed by atoms with E-state index in [1.54, 1.807) is 13.0 Å². The molecule has 0 saturated carbocycles. The van der Waals surface area contributed by atoms with E-state index in [-0.39, 0.29) is 16.9 Å². The number of para-hydroxylation sites is 1. The summed E-state index contributed by atoms with van der Waals surface area (Å²) in [6, 6.07) is 8.25. The minimum absolute atomic E-state index is 0.00611. The lowest BCUT2D eigenvalue weighted by Gasteiger charge is -2.11. The minimum atomic E-state index is -0.662. The predicted octanol–water partition coefficient (Wildman–Crippen LogP) is 2.81. The first kappa shape index (κ1) is 14.0. The van der Waals surface area contributed by atoms with Crippen molar-refractivity contribution in [2.24, 2.45) is 5.84 Å². The van der Waals surface area contributed by atoms with E-state index < -0.39 is 17.5 Å². The number of carbonyl (C=O) groups excluding carboxylic acids is 1. The Kier molecular flexibility index (Phi) is 3.95. The molecule has 0 aromatic heterocycles.